The lowest BCUT2D eigenvalue weighted by Crippen LogP contribution is -2.29. The predicted octanol–water partition coefficient (Wildman–Crippen LogP) is 3.84. The summed E-state index contributed by atoms with van der Waals surface area (Å²) < 4.78 is 17.6. The Hall–Kier alpha value is -2.18. The van der Waals surface area contributed by atoms with Crippen molar-refractivity contribution in [3.8, 4) is 5.75 Å². The zero-order valence-corrected chi connectivity index (χ0v) is 15.7. The molecule has 2 atom stereocenters. The summed E-state index contributed by atoms with van der Waals surface area (Å²) in [6.07, 6.45) is 7.39. The second kappa shape index (κ2) is 9.67. The minimum atomic E-state index is -0.492. The van der Waals surface area contributed by atoms with Gasteiger partial charge in [-0.3, -0.25) is 10.3 Å². The fourth-order valence-electron chi connectivity index (χ4n) is 3.16. The number of aliphatic hydroxyl groups excluding tert-OH is 1. The van der Waals surface area contributed by atoms with Crippen LogP contribution in [0.4, 0.5) is 4.39 Å². The second-order valence-corrected chi connectivity index (χ2v) is 6.82. The number of halogens is 1. The molecule has 0 aliphatic carbocycles. The van der Waals surface area contributed by atoms with Crippen molar-refractivity contribution in [2.45, 2.75) is 44.9 Å². The lowest BCUT2D eigenvalue weighted by molar-refractivity contribution is 0.157. The molecule has 2 heterocycles. The number of ether oxygens (including phenoxy) is 1. The molecule has 1 aliphatic rings. The number of allylic oxidation sites excluding steroid dienone is 1. The zero-order valence-electron chi connectivity index (χ0n) is 15.7. The van der Waals surface area contributed by atoms with Crippen LogP contribution in [0, 0.1) is 0 Å². The summed E-state index contributed by atoms with van der Waals surface area (Å²) in [4.78, 5) is 8.00. The van der Waals surface area contributed by atoms with Crippen LogP contribution in [0.5, 0.6) is 5.75 Å². The van der Waals surface area contributed by atoms with Gasteiger partial charge in [-0.15, -0.1) is 0 Å². The van der Waals surface area contributed by atoms with Crippen LogP contribution in [0.25, 0.3) is 16.5 Å². The van der Waals surface area contributed by atoms with Gasteiger partial charge in [0.15, 0.2) is 0 Å². The number of rotatable bonds is 10. The number of aliphatic hydroxyl groups is 1. The van der Waals surface area contributed by atoms with Gasteiger partial charge in [-0.1, -0.05) is 13.0 Å². The molecule has 146 valence electrons. The first-order chi connectivity index (χ1) is 13.2. The van der Waals surface area contributed by atoms with Crippen molar-refractivity contribution in [2.75, 3.05) is 19.8 Å². The van der Waals surface area contributed by atoms with E-state index in [1.54, 1.807) is 0 Å². The van der Waals surface area contributed by atoms with Crippen LogP contribution in [0.1, 0.15) is 38.3 Å². The average molecular weight is 373 g/mol. The smallest absolute Gasteiger partial charge is 0.123 e. The molecule has 3 rings (SSSR count). The van der Waals surface area contributed by atoms with E-state index in [4.69, 9.17) is 4.74 Å². The Balaban J connectivity index is 1.55. The number of alkyl halides is 1. The third kappa shape index (κ3) is 5.40. The maximum absolute atomic E-state index is 12.3. The molecule has 1 unspecified atom stereocenters. The number of H-pyrrole nitrogens is 1. The second-order valence-electron chi connectivity index (χ2n) is 6.82. The summed E-state index contributed by atoms with van der Waals surface area (Å²) in [5.41, 5.74) is 3.10. The first-order valence-electron chi connectivity index (χ1n) is 9.66. The number of hydrogen-bond donors (Lipinski definition) is 3. The van der Waals surface area contributed by atoms with Gasteiger partial charge in [0, 0.05) is 34.8 Å². The molecular formula is C21H28FN3O2. The van der Waals surface area contributed by atoms with Gasteiger partial charge in [-0.05, 0) is 50.1 Å². The highest BCUT2D eigenvalue weighted by Crippen LogP contribution is 2.26. The van der Waals surface area contributed by atoms with E-state index in [-0.39, 0.29) is 18.9 Å². The van der Waals surface area contributed by atoms with E-state index in [1.807, 2.05) is 31.3 Å². The Morgan fingerprint density at radius 2 is 2.30 bits per heavy atom. The van der Waals surface area contributed by atoms with Crippen LogP contribution in [-0.2, 0) is 0 Å². The van der Waals surface area contributed by atoms with Gasteiger partial charge in [-0.2, -0.15) is 0 Å². The van der Waals surface area contributed by atoms with Crippen molar-refractivity contribution in [2.24, 2.45) is 4.99 Å². The van der Waals surface area contributed by atoms with Gasteiger partial charge < -0.3 is 14.8 Å². The Bertz CT molecular complexity index is 800. The van der Waals surface area contributed by atoms with E-state index in [1.165, 1.54) is 0 Å². The third-order valence-corrected chi connectivity index (χ3v) is 4.77. The topological polar surface area (TPSA) is 69.6 Å². The van der Waals surface area contributed by atoms with Crippen LogP contribution < -0.4 is 10.1 Å². The number of aromatic nitrogens is 1. The van der Waals surface area contributed by atoms with Gasteiger partial charge in [0.1, 0.15) is 25.2 Å². The summed E-state index contributed by atoms with van der Waals surface area (Å²) in [5, 5.41) is 14.0. The summed E-state index contributed by atoms with van der Waals surface area (Å²) in [7, 11) is 0. The molecule has 1 aromatic carbocycles. The third-order valence-electron chi connectivity index (χ3n) is 4.77. The molecule has 0 saturated carbocycles. The number of dihydropyridines is 1. The summed E-state index contributed by atoms with van der Waals surface area (Å²) >= 11 is 0. The molecule has 0 amide bonds. The molecular weight excluding hydrogens is 345 g/mol. The van der Waals surface area contributed by atoms with Crippen molar-refractivity contribution in [3.63, 3.8) is 0 Å². The Kier molecular flexibility index (Phi) is 7.01. The normalized spacial score (nSPS) is 17.9. The fourth-order valence-corrected chi connectivity index (χ4v) is 3.16. The Morgan fingerprint density at radius 1 is 1.41 bits per heavy atom. The summed E-state index contributed by atoms with van der Waals surface area (Å²) in [6, 6.07) is 7.77. The van der Waals surface area contributed by atoms with E-state index in [9.17, 15) is 9.50 Å². The largest absolute Gasteiger partial charge is 0.491 e. The van der Waals surface area contributed by atoms with Crippen molar-refractivity contribution in [3.05, 3.63) is 36.0 Å². The van der Waals surface area contributed by atoms with Crippen molar-refractivity contribution < 1.29 is 14.2 Å². The first-order valence-corrected chi connectivity index (χ1v) is 9.66. The van der Waals surface area contributed by atoms with Crippen LogP contribution in [-0.4, -0.2) is 48.4 Å². The number of nitrogens with zero attached hydrogens (tertiary/aromatic N) is 1. The number of fused-ring (bicyclic) bond motifs is 1. The van der Waals surface area contributed by atoms with Crippen molar-refractivity contribution in [1.29, 1.82) is 0 Å². The molecule has 2 aromatic rings. The standard InChI is InChI=1S/C21H28FN3O2/c1-2-17(26)4-3-10-23-21-8-5-15(14-24-21)20-13-16-12-18(27-11-9-22)6-7-19(16)25-20/h5-7,12-14,17,21,23,25-26H,2-4,8-11H2,1H3/t17-,21?/m0/s1. The highest BCUT2D eigenvalue weighted by atomic mass is 19.1. The van der Waals surface area contributed by atoms with Gasteiger partial charge in [0.25, 0.3) is 0 Å². The minimum absolute atomic E-state index is 0.0758. The van der Waals surface area contributed by atoms with Crippen LogP contribution in [0.3, 0.4) is 0 Å². The quantitative estimate of drug-likeness (QED) is 0.554. The molecule has 6 heteroatoms. The maximum atomic E-state index is 12.3. The Labute approximate surface area is 159 Å². The molecule has 0 saturated heterocycles. The molecule has 0 fully saturated rings. The lowest BCUT2D eigenvalue weighted by Gasteiger charge is -2.17. The number of hydrogen-bond acceptors (Lipinski definition) is 4. The summed E-state index contributed by atoms with van der Waals surface area (Å²) in [5.74, 6) is 0.675. The molecule has 5 nitrogen and oxygen atoms in total. The number of nitrogens with one attached hydrogen (secondary N) is 2. The monoisotopic (exact) mass is 373 g/mol. The van der Waals surface area contributed by atoms with Gasteiger partial charge in [0.05, 0.1) is 6.10 Å². The molecule has 0 bridgehead atoms. The number of aromatic amines is 1. The molecule has 0 radical (unpaired) electrons. The van der Waals surface area contributed by atoms with E-state index >= 15 is 0 Å². The van der Waals surface area contributed by atoms with Gasteiger partial charge in [-0.25, -0.2) is 4.39 Å². The minimum Gasteiger partial charge on any atom is -0.491 e. The van der Waals surface area contributed by atoms with Gasteiger partial charge in [0.2, 0.25) is 0 Å². The fraction of sp³-hybridized carbons (Fsp3) is 0.476. The summed E-state index contributed by atoms with van der Waals surface area (Å²) in [6.45, 7) is 2.44. The molecule has 0 spiro atoms. The highest BCUT2D eigenvalue weighted by molar-refractivity contribution is 6.11. The zero-order chi connectivity index (χ0) is 19.1. The molecule has 1 aromatic heterocycles. The molecule has 27 heavy (non-hydrogen) atoms. The van der Waals surface area contributed by atoms with E-state index in [2.05, 4.69) is 27.4 Å². The SMILES string of the molecule is CC[C@H](O)CCCNC1CC=C(c2cc3cc(OCCF)ccc3[nH]2)C=N1. The van der Waals surface area contributed by atoms with Crippen molar-refractivity contribution in [1.82, 2.24) is 10.3 Å². The number of benzene rings is 1. The predicted molar refractivity (Wildman–Crippen MR) is 108 cm³/mol. The lowest BCUT2D eigenvalue weighted by atomic mass is 10.1. The maximum Gasteiger partial charge on any atom is 0.123 e. The van der Waals surface area contributed by atoms with Crippen molar-refractivity contribution >= 4 is 22.7 Å². The molecule has 3 N–H and O–H groups in total. The first kappa shape index (κ1) is 19.6. The molecule has 1 aliphatic heterocycles. The van der Waals surface area contributed by atoms with E-state index in [0.29, 0.717) is 5.75 Å². The van der Waals surface area contributed by atoms with Crippen LogP contribution in [0.2, 0.25) is 0 Å². The Morgan fingerprint density at radius 3 is 3.04 bits per heavy atom. The highest BCUT2D eigenvalue weighted by Gasteiger charge is 2.12. The average Bonchev–Trinajstić information content (AvgIpc) is 3.13. The van der Waals surface area contributed by atoms with E-state index in [0.717, 1.165) is 54.4 Å². The van der Waals surface area contributed by atoms with E-state index < -0.39 is 6.67 Å². The van der Waals surface area contributed by atoms with Gasteiger partial charge >= 0.3 is 0 Å². The van der Waals surface area contributed by atoms with Crippen LogP contribution in [0.15, 0.2) is 35.3 Å². The van der Waals surface area contributed by atoms with Crippen LogP contribution >= 0.6 is 0 Å². The number of aliphatic imine (C=N–C) groups is 1.